The molecule has 8 atom stereocenters. The normalized spacial score (nSPS) is 34.2. The molecule has 0 spiro atoms. The van der Waals surface area contributed by atoms with Crippen LogP contribution in [0.4, 0.5) is 0 Å². The van der Waals surface area contributed by atoms with Gasteiger partial charge in [-0.2, -0.15) is 5.26 Å². The van der Waals surface area contributed by atoms with Crippen molar-refractivity contribution in [1.29, 1.82) is 5.26 Å². The van der Waals surface area contributed by atoms with Gasteiger partial charge in [-0.25, -0.2) is 0 Å². The number of allylic oxidation sites excluding steroid dienone is 4. The minimum Gasteiger partial charge on any atom is -0.389 e. The zero-order valence-electron chi connectivity index (χ0n) is 18.8. The molecule has 0 aliphatic heterocycles. The Morgan fingerprint density at radius 1 is 0.938 bits per heavy atom. The Kier molecular flexibility index (Phi) is 8.37. The van der Waals surface area contributed by atoms with E-state index >= 15 is 0 Å². The molecule has 2 saturated carbocycles. The first-order valence-corrected chi connectivity index (χ1v) is 12.1. The highest BCUT2D eigenvalue weighted by atomic mass is 16.5. The fraction of sp³-hybridized carbons (Fsp3) is 0.760. The molecule has 0 heterocycles. The summed E-state index contributed by atoms with van der Waals surface area (Å²) in [5.74, 6) is 4.35. The van der Waals surface area contributed by atoms with E-state index in [0.29, 0.717) is 42.7 Å². The van der Waals surface area contributed by atoms with Gasteiger partial charge in [0.1, 0.15) is 5.84 Å². The summed E-state index contributed by atoms with van der Waals surface area (Å²) >= 11 is 0. The second-order valence-corrected chi connectivity index (χ2v) is 9.97. The van der Waals surface area contributed by atoms with Crippen molar-refractivity contribution in [2.45, 2.75) is 44.3 Å². The number of nitriles is 1. The fourth-order valence-corrected chi connectivity index (χ4v) is 5.70. The second kappa shape index (κ2) is 11.4. The van der Waals surface area contributed by atoms with Crippen LogP contribution in [0.2, 0.25) is 0 Å². The van der Waals surface area contributed by atoms with Crippen LogP contribution in [-0.4, -0.2) is 67.8 Å². The quantitative estimate of drug-likeness (QED) is 0.229. The van der Waals surface area contributed by atoms with E-state index in [1.165, 1.54) is 25.7 Å². The number of hydrogen-bond acceptors (Lipinski definition) is 6. The molecular weight excluding hydrogens is 406 g/mol. The Hall–Kier alpha value is -1.72. The number of aliphatic hydroxyl groups excluding tert-OH is 2. The maximum Gasteiger partial charge on any atom is 0.111 e. The van der Waals surface area contributed by atoms with Gasteiger partial charge in [0.25, 0.3) is 0 Å². The lowest BCUT2D eigenvalue weighted by Crippen LogP contribution is -2.35. The SMILES string of the molecule is N#CCC(=NCC(O)COCC1CC2C=CC1C2)NCC(O)COCC1CC2C=CC1C2. The molecular formula is C25H37N3O4. The summed E-state index contributed by atoms with van der Waals surface area (Å²) in [6.45, 7) is 2.31. The summed E-state index contributed by atoms with van der Waals surface area (Å²) in [7, 11) is 0. The molecule has 0 radical (unpaired) electrons. The smallest absolute Gasteiger partial charge is 0.111 e. The predicted octanol–water partition coefficient (Wildman–Crippen LogP) is 2.07. The van der Waals surface area contributed by atoms with Gasteiger partial charge in [0, 0.05) is 6.54 Å². The monoisotopic (exact) mass is 443 g/mol. The minimum absolute atomic E-state index is 0.107. The van der Waals surface area contributed by atoms with Gasteiger partial charge in [-0.1, -0.05) is 24.3 Å². The van der Waals surface area contributed by atoms with Gasteiger partial charge in [-0.15, -0.1) is 0 Å². The van der Waals surface area contributed by atoms with E-state index in [2.05, 4.69) is 40.7 Å². The van der Waals surface area contributed by atoms with Crippen LogP contribution in [-0.2, 0) is 9.47 Å². The summed E-state index contributed by atoms with van der Waals surface area (Å²) in [6, 6.07) is 2.07. The zero-order chi connectivity index (χ0) is 22.3. The third-order valence-electron chi connectivity index (χ3n) is 7.40. The Balaban J connectivity index is 1.08. The topological polar surface area (TPSA) is 107 Å². The van der Waals surface area contributed by atoms with Crippen LogP contribution in [0.15, 0.2) is 29.3 Å². The van der Waals surface area contributed by atoms with Crippen LogP contribution in [0.25, 0.3) is 0 Å². The first-order valence-electron chi connectivity index (χ1n) is 12.1. The predicted molar refractivity (Wildman–Crippen MR) is 122 cm³/mol. The lowest BCUT2D eigenvalue weighted by Gasteiger charge is -2.20. The van der Waals surface area contributed by atoms with Gasteiger partial charge in [0.2, 0.25) is 0 Å². The zero-order valence-corrected chi connectivity index (χ0v) is 18.8. The molecule has 0 aromatic heterocycles. The van der Waals surface area contributed by atoms with Crippen molar-refractivity contribution in [1.82, 2.24) is 5.32 Å². The van der Waals surface area contributed by atoms with E-state index in [4.69, 9.17) is 14.7 Å². The first kappa shape index (κ1) is 23.4. The van der Waals surface area contributed by atoms with Crippen molar-refractivity contribution >= 4 is 5.84 Å². The van der Waals surface area contributed by atoms with Gasteiger partial charge in [0.05, 0.1) is 57.7 Å². The van der Waals surface area contributed by atoms with E-state index in [0.717, 1.165) is 11.8 Å². The standard InChI is InChI=1S/C25H37N3O4/c26-6-5-25(27-11-23(29)15-31-13-21-9-17-1-3-19(21)7-17)28-12-24(30)16-32-14-22-10-18-2-4-20(22)8-18/h1-4,17-24,29-30H,5,7-16H2,(H,27,28). The molecule has 4 aliphatic rings. The van der Waals surface area contributed by atoms with Crippen molar-refractivity contribution in [2.75, 3.05) is 39.5 Å². The van der Waals surface area contributed by atoms with Gasteiger partial charge in [-0.05, 0) is 61.2 Å². The number of hydrogen-bond donors (Lipinski definition) is 3. The maximum absolute atomic E-state index is 10.2. The third kappa shape index (κ3) is 6.41. The van der Waals surface area contributed by atoms with E-state index in [-0.39, 0.29) is 32.7 Å². The van der Waals surface area contributed by atoms with Gasteiger partial charge in [0.15, 0.2) is 0 Å². The molecule has 4 rings (SSSR count). The maximum atomic E-state index is 10.2. The lowest BCUT2D eigenvalue weighted by molar-refractivity contribution is 0.0192. The highest BCUT2D eigenvalue weighted by Crippen LogP contribution is 2.44. The second-order valence-electron chi connectivity index (χ2n) is 9.97. The number of ether oxygens (including phenoxy) is 2. The molecule has 0 amide bonds. The molecule has 0 aromatic carbocycles. The first-order chi connectivity index (χ1) is 15.6. The number of amidine groups is 1. The van der Waals surface area contributed by atoms with Crippen LogP contribution in [0.5, 0.6) is 0 Å². The number of fused-ring (bicyclic) bond motifs is 4. The van der Waals surface area contributed by atoms with Crippen LogP contribution >= 0.6 is 0 Å². The molecule has 0 saturated heterocycles. The van der Waals surface area contributed by atoms with Crippen molar-refractivity contribution in [2.24, 2.45) is 40.5 Å². The molecule has 32 heavy (non-hydrogen) atoms. The number of nitrogens with zero attached hydrogens (tertiary/aromatic N) is 2. The van der Waals surface area contributed by atoms with Crippen LogP contribution in [0, 0.1) is 46.8 Å². The van der Waals surface area contributed by atoms with Crippen molar-refractivity contribution in [3.8, 4) is 6.07 Å². The largest absolute Gasteiger partial charge is 0.389 e. The number of nitrogens with one attached hydrogen (secondary N) is 1. The highest BCUT2D eigenvalue weighted by molar-refractivity contribution is 5.84. The fourth-order valence-electron chi connectivity index (χ4n) is 5.70. The van der Waals surface area contributed by atoms with E-state index in [9.17, 15) is 10.2 Å². The Morgan fingerprint density at radius 3 is 2.03 bits per heavy atom. The summed E-state index contributed by atoms with van der Waals surface area (Å²) in [5, 5.41) is 32.5. The number of rotatable bonds is 13. The Morgan fingerprint density at radius 2 is 1.53 bits per heavy atom. The summed E-state index contributed by atoms with van der Waals surface area (Å²) in [4.78, 5) is 4.33. The minimum atomic E-state index is -0.705. The Labute approximate surface area is 191 Å². The number of aliphatic hydroxyl groups is 2. The van der Waals surface area contributed by atoms with Crippen molar-refractivity contribution in [3.63, 3.8) is 0 Å². The number of aliphatic imine (C=N–C) groups is 1. The third-order valence-corrected chi connectivity index (χ3v) is 7.40. The Bertz CT molecular complexity index is 746. The lowest BCUT2D eigenvalue weighted by atomic mass is 9.95. The van der Waals surface area contributed by atoms with E-state index < -0.39 is 12.2 Å². The van der Waals surface area contributed by atoms with Gasteiger partial charge < -0.3 is 25.0 Å². The van der Waals surface area contributed by atoms with Crippen molar-refractivity contribution < 1.29 is 19.7 Å². The average molecular weight is 444 g/mol. The van der Waals surface area contributed by atoms with Crippen LogP contribution in [0.1, 0.15) is 32.1 Å². The van der Waals surface area contributed by atoms with Crippen LogP contribution < -0.4 is 5.32 Å². The average Bonchev–Trinajstić information content (AvgIpc) is 3.58. The molecule has 7 heteroatoms. The molecule has 8 unspecified atom stereocenters. The molecule has 4 bridgehead atoms. The summed E-state index contributed by atoms with van der Waals surface area (Å²) < 4.78 is 11.5. The van der Waals surface area contributed by atoms with Gasteiger partial charge >= 0.3 is 0 Å². The summed E-state index contributed by atoms with van der Waals surface area (Å²) in [5.41, 5.74) is 0. The molecule has 176 valence electrons. The van der Waals surface area contributed by atoms with E-state index in [1.807, 2.05) is 0 Å². The highest BCUT2D eigenvalue weighted by Gasteiger charge is 2.36. The van der Waals surface area contributed by atoms with Crippen molar-refractivity contribution in [3.05, 3.63) is 24.3 Å². The molecule has 3 N–H and O–H groups in total. The molecule has 0 aromatic rings. The van der Waals surface area contributed by atoms with Gasteiger partial charge in [-0.3, -0.25) is 4.99 Å². The van der Waals surface area contributed by atoms with Crippen LogP contribution in [0.3, 0.4) is 0 Å². The molecule has 2 fully saturated rings. The molecule has 4 aliphatic carbocycles. The molecule has 7 nitrogen and oxygen atoms in total. The summed E-state index contributed by atoms with van der Waals surface area (Å²) in [6.07, 6.45) is 12.9. The van der Waals surface area contributed by atoms with E-state index in [1.54, 1.807) is 0 Å².